The summed E-state index contributed by atoms with van der Waals surface area (Å²) < 4.78 is 5.37. The van der Waals surface area contributed by atoms with E-state index in [2.05, 4.69) is 10.3 Å². The van der Waals surface area contributed by atoms with Crippen molar-refractivity contribution in [1.29, 1.82) is 0 Å². The molecule has 2 aromatic carbocycles. The van der Waals surface area contributed by atoms with Gasteiger partial charge in [0.15, 0.2) is 11.7 Å². The molecule has 0 radical (unpaired) electrons. The summed E-state index contributed by atoms with van der Waals surface area (Å²) in [6, 6.07) is 18.0. The van der Waals surface area contributed by atoms with Gasteiger partial charge in [0.05, 0.1) is 11.7 Å². The summed E-state index contributed by atoms with van der Waals surface area (Å²) in [5.41, 5.74) is 0.999. The molecule has 1 aliphatic heterocycles. The van der Waals surface area contributed by atoms with E-state index in [9.17, 15) is 9.59 Å². The molecule has 28 heavy (non-hydrogen) atoms. The van der Waals surface area contributed by atoms with Crippen LogP contribution in [0.15, 0.2) is 65.7 Å². The third-order valence-electron chi connectivity index (χ3n) is 4.27. The van der Waals surface area contributed by atoms with Crippen LogP contribution >= 0.6 is 12.2 Å². The lowest BCUT2D eigenvalue weighted by molar-refractivity contribution is -0.121. The molecule has 1 fully saturated rings. The molecule has 1 saturated heterocycles. The minimum absolute atomic E-state index is 0.0693. The Bertz CT molecular complexity index is 902. The highest BCUT2D eigenvalue weighted by molar-refractivity contribution is 7.80. The van der Waals surface area contributed by atoms with Gasteiger partial charge in [-0.1, -0.05) is 36.4 Å². The van der Waals surface area contributed by atoms with Crippen LogP contribution in [0.25, 0.3) is 0 Å². The van der Waals surface area contributed by atoms with Crippen LogP contribution < -0.4 is 15.1 Å². The Labute approximate surface area is 168 Å². The molecule has 144 valence electrons. The Morgan fingerprint density at radius 2 is 1.75 bits per heavy atom. The van der Waals surface area contributed by atoms with Gasteiger partial charge in [0.1, 0.15) is 11.5 Å². The van der Waals surface area contributed by atoms with E-state index in [1.165, 1.54) is 5.01 Å². The van der Waals surface area contributed by atoms with E-state index in [0.717, 1.165) is 5.69 Å². The average molecular weight is 396 g/mol. The number of carbonyl (C=O) groups is 2. The maximum absolute atomic E-state index is 12.8. The van der Waals surface area contributed by atoms with Crippen LogP contribution in [-0.4, -0.2) is 47.3 Å². The molecule has 0 aliphatic carbocycles. The van der Waals surface area contributed by atoms with Crippen molar-refractivity contribution >= 4 is 40.5 Å². The van der Waals surface area contributed by atoms with E-state index in [0.29, 0.717) is 5.75 Å². The molecular formula is C20H20N4O3S. The summed E-state index contributed by atoms with van der Waals surface area (Å²) >= 11 is 5.13. The number of nitrogens with one attached hydrogen (secondary N) is 1. The Kier molecular flexibility index (Phi) is 6.13. The first kappa shape index (κ1) is 19.7. The first-order chi connectivity index (χ1) is 13.5. The number of hydrogen-bond donors (Lipinski definition) is 1. The predicted octanol–water partition coefficient (Wildman–Crippen LogP) is 2.19. The van der Waals surface area contributed by atoms with Gasteiger partial charge in [0.2, 0.25) is 0 Å². The van der Waals surface area contributed by atoms with Gasteiger partial charge in [0.25, 0.3) is 11.8 Å². The van der Waals surface area contributed by atoms with E-state index in [1.807, 2.05) is 55.5 Å². The minimum Gasteiger partial charge on any atom is -0.484 e. The van der Waals surface area contributed by atoms with Crippen molar-refractivity contribution in [2.45, 2.75) is 13.0 Å². The average Bonchev–Trinajstić information content (AvgIpc) is 2.91. The molecule has 1 aliphatic rings. The van der Waals surface area contributed by atoms with Crippen LogP contribution in [0.5, 0.6) is 5.75 Å². The topological polar surface area (TPSA) is 74.2 Å². The molecule has 3 rings (SSSR count). The number of amides is 2. The molecule has 7 nitrogen and oxygen atoms in total. The van der Waals surface area contributed by atoms with Gasteiger partial charge in [-0.2, -0.15) is 0 Å². The van der Waals surface area contributed by atoms with Crippen molar-refractivity contribution < 1.29 is 14.3 Å². The number of nitrogens with zero attached hydrogens (tertiary/aromatic N) is 3. The number of hydrazine groups is 1. The number of ether oxygens (including phenoxy) is 1. The summed E-state index contributed by atoms with van der Waals surface area (Å²) in [4.78, 5) is 29.0. The van der Waals surface area contributed by atoms with Crippen LogP contribution in [0.4, 0.5) is 5.69 Å². The molecule has 1 heterocycles. The molecule has 0 aromatic heterocycles. The molecule has 1 N–H and O–H groups in total. The summed E-state index contributed by atoms with van der Waals surface area (Å²) in [6.07, 6.45) is 0. The number of aliphatic imine (C=N–C) groups is 1. The number of benzene rings is 2. The Balaban J connectivity index is 1.64. The maximum atomic E-state index is 12.8. The first-order valence-electron chi connectivity index (χ1n) is 8.70. The summed E-state index contributed by atoms with van der Waals surface area (Å²) in [6.45, 7) is 1.65. The molecule has 1 unspecified atom stereocenters. The van der Waals surface area contributed by atoms with Crippen molar-refractivity contribution in [2.24, 2.45) is 4.99 Å². The highest BCUT2D eigenvalue weighted by Crippen LogP contribution is 2.24. The zero-order valence-corrected chi connectivity index (χ0v) is 16.3. The van der Waals surface area contributed by atoms with E-state index in [-0.39, 0.29) is 29.4 Å². The van der Waals surface area contributed by atoms with Gasteiger partial charge in [0, 0.05) is 7.05 Å². The standard InChI is InChI=1S/C20H20N4O3S/c1-14-18(19(26)24(23(14)2)15-9-5-3-6-10-15)22-20(28)21-17(25)13-27-16-11-7-4-8-12-16/h3-12,14H,13H2,1-2H3,(H,21,25,28). The Morgan fingerprint density at radius 1 is 1.14 bits per heavy atom. The number of para-hydroxylation sites is 2. The second kappa shape index (κ2) is 8.73. The fourth-order valence-electron chi connectivity index (χ4n) is 2.75. The largest absolute Gasteiger partial charge is 0.484 e. The zero-order chi connectivity index (χ0) is 20.1. The van der Waals surface area contributed by atoms with E-state index >= 15 is 0 Å². The number of anilines is 1. The lowest BCUT2D eigenvalue weighted by Gasteiger charge is -2.25. The quantitative estimate of drug-likeness (QED) is 0.802. The van der Waals surface area contributed by atoms with Crippen LogP contribution in [0, 0.1) is 0 Å². The second-order valence-electron chi connectivity index (χ2n) is 6.15. The van der Waals surface area contributed by atoms with E-state index < -0.39 is 5.91 Å². The number of carbonyl (C=O) groups excluding carboxylic acids is 2. The zero-order valence-electron chi connectivity index (χ0n) is 15.5. The third kappa shape index (κ3) is 4.41. The predicted molar refractivity (Wildman–Crippen MR) is 111 cm³/mol. The summed E-state index contributed by atoms with van der Waals surface area (Å²) in [7, 11) is 1.80. The molecule has 0 spiro atoms. The van der Waals surface area contributed by atoms with Gasteiger partial charge < -0.3 is 4.74 Å². The number of hydrogen-bond acceptors (Lipinski definition) is 5. The lowest BCUT2D eigenvalue weighted by atomic mass is 10.2. The highest BCUT2D eigenvalue weighted by atomic mass is 32.1. The van der Waals surface area contributed by atoms with Crippen molar-refractivity contribution in [3.05, 3.63) is 60.7 Å². The molecular weight excluding hydrogens is 376 g/mol. The molecule has 0 saturated carbocycles. The molecule has 0 bridgehead atoms. The molecule has 2 aromatic rings. The van der Waals surface area contributed by atoms with Gasteiger partial charge >= 0.3 is 0 Å². The summed E-state index contributed by atoms with van der Waals surface area (Å²) in [5.74, 6) is -0.141. The molecule has 1 atom stereocenters. The summed E-state index contributed by atoms with van der Waals surface area (Å²) in [5, 5.41) is 5.72. The highest BCUT2D eigenvalue weighted by Gasteiger charge is 2.40. The van der Waals surface area contributed by atoms with Crippen molar-refractivity contribution in [3.63, 3.8) is 0 Å². The van der Waals surface area contributed by atoms with Crippen LogP contribution in [-0.2, 0) is 9.59 Å². The molecule has 8 heteroatoms. The number of thiocarbonyl (C=S) groups is 1. The SMILES string of the molecule is CC1C(=NC(=S)NC(=O)COc2ccccc2)C(=O)N(c2ccccc2)N1C. The van der Waals surface area contributed by atoms with Crippen molar-refractivity contribution in [2.75, 3.05) is 18.7 Å². The van der Waals surface area contributed by atoms with Crippen molar-refractivity contribution in [1.82, 2.24) is 10.3 Å². The van der Waals surface area contributed by atoms with Gasteiger partial charge in [-0.25, -0.2) is 15.0 Å². The van der Waals surface area contributed by atoms with Gasteiger partial charge in [-0.15, -0.1) is 0 Å². The first-order valence-corrected chi connectivity index (χ1v) is 9.10. The lowest BCUT2D eigenvalue weighted by Crippen LogP contribution is -2.38. The van der Waals surface area contributed by atoms with Crippen LogP contribution in [0.1, 0.15) is 6.92 Å². The van der Waals surface area contributed by atoms with Gasteiger partial charge in [-0.05, 0) is 43.4 Å². The number of rotatable bonds is 4. The smallest absolute Gasteiger partial charge is 0.289 e. The third-order valence-corrected chi connectivity index (χ3v) is 4.46. The van der Waals surface area contributed by atoms with Gasteiger partial charge in [-0.3, -0.25) is 14.9 Å². The van der Waals surface area contributed by atoms with Crippen LogP contribution in [0.3, 0.4) is 0 Å². The normalized spacial score (nSPS) is 18.4. The van der Waals surface area contributed by atoms with Crippen LogP contribution in [0.2, 0.25) is 0 Å². The molecule has 2 amide bonds. The maximum Gasteiger partial charge on any atom is 0.289 e. The fourth-order valence-corrected chi connectivity index (χ4v) is 2.96. The fraction of sp³-hybridized carbons (Fsp3) is 0.200. The Hall–Kier alpha value is -3.10. The minimum atomic E-state index is -0.440. The van der Waals surface area contributed by atoms with E-state index in [1.54, 1.807) is 24.2 Å². The van der Waals surface area contributed by atoms with Crippen molar-refractivity contribution in [3.8, 4) is 5.75 Å². The second-order valence-corrected chi connectivity index (χ2v) is 6.54. The monoisotopic (exact) mass is 396 g/mol. The Morgan fingerprint density at radius 3 is 2.39 bits per heavy atom. The van der Waals surface area contributed by atoms with E-state index in [4.69, 9.17) is 17.0 Å².